The first-order chi connectivity index (χ1) is 15.8. The Bertz CT molecular complexity index is 998. The van der Waals surface area contributed by atoms with Crippen LogP contribution in [0.2, 0.25) is 0 Å². The molecule has 1 N–H and O–H groups in total. The Labute approximate surface area is 194 Å². The smallest absolute Gasteiger partial charge is 0.391 e. The monoisotopic (exact) mass is 452 g/mol. The summed E-state index contributed by atoms with van der Waals surface area (Å²) in [5.74, 6) is -1.31. The Morgan fingerprint density at radius 3 is 2.33 bits per heavy atom. The molecule has 0 spiro atoms. The summed E-state index contributed by atoms with van der Waals surface area (Å²) in [5.41, 5.74) is 1.95. The van der Waals surface area contributed by atoms with Gasteiger partial charge in [-0.15, -0.1) is 0 Å². The van der Waals surface area contributed by atoms with Crippen LogP contribution >= 0.6 is 0 Å². The normalized spacial score (nSPS) is 24.4. The minimum absolute atomic E-state index is 0.116. The van der Waals surface area contributed by atoms with E-state index in [4.69, 9.17) is 16.0 Å². The van der Waals surface area contributed by atoms with E-state index in [0.29, 0.717) is 11.7 Å². The summed E-state index contributed by atoms with van der Waals surface area (Å²) in [5, 5.41) is 7.00. The van der Waals surface area contributed by atoms with Crippen LogP contribution in [-0.4, -0.2) is 46.4 Å². The second-order valence-electron chi connectivity index (χ2n) is 9.10. The van der Waals surface area contributed by atoms with E-state index in [9.17, 15) is 9.59 Å². The van der Waals surface area contributed by atoms with Crippen molar-refractivity contribution >= 4 is 11.9 Å². The highest BCUT2D eigenvalue weighted by Gasteiger charge is 2.47. The molecule has 1 fully saturated rings. The molecule has 1 aromatic heterocycles. The lowest BCUT2D eigenvalue weighted by Gasteiger charge is -2.37. The van der Waals surface area contributed by atoms with Crippen LogP contribution in [0.5, 0.6) is 0 Å². The second-order valence-corrected chi connectivity index (χ2v) is 9.10. The lowest BCUT2D eigenvalue weighted by Crippen LogP contribution is -2.41. The van der Waals surface area contributed by atoms with E-state index in [1.807, 2.05) is 24.3 Å². The first-order valence-electron chi connectivity index (χ1n) is 11.4. The Balaban J connectivity index is 1.92. The number of carbonyl (C=O) groups excluding carboxylic acids is 2. The molecule has 33 heavy (non-hydrogen) atoms. The number of rotatable bonds is 7. The maximum Gasteiger partial charge on any atom is 0.391 e. The van der Waals surface area contributed by atoms with Crippen molar-refractivity contribution in [3.63, 3.8) is 0 Å². The van der Waals surface area contributed by atoms with E-state index in [-0.39, 0.29) is 23.8 Å². The van der Waals surface area contributed by atoms with Crippen LogP contribution < -0.4 is 0 Å². The maximum atomic E-state index is 13.4. The van der Waals surface area contributed by atoms with Crippen LogP contribution in [0, 0.1) is 24.3 Å². The zero-order valence-electron chi connectivity index (χ0n) is 19.9. The van der Waals surface area contributed by atoms with Crippen molar-refractivity contribution in [3.05, 3.63) is 47.1 Å². The molecule has 0 radical (unpaired) electrons. The van der Waals surface area contributed by atoms with Gasteiger partial charge in [0.1, 0.15) is 11.9 Å². The summed E-state index contributed by atoms with van der Waals surface area (Å²) < 4.78 is 10.7. The van der Waals surface area contributed by atoms with Gasteiger partial charge in [0.15, 0.2) is 5.82 Å². The van der Waals surface area contributed by atoms with Crippen LogP contribution in [0.25, 0.3) is 16.2 Å². The molecule has 176 valence electrons. The third kappa shape index (κ3) is 5.41. The fourth-order valence-electron chi connectivity index (χ4n) is 4.84. The highest BCUT2D eigenvalue weighted by Crippen LogP contribution is 2.36. The quantitative estimate of drug-likeness (QED) is 0.500. The first-order valence-corrected chi connectivity index (χ1v) is 11.4. The van der Waals surface area contributed by atoms with Crippen molar-refractivity contribution < 1.29 is 19.1 Å². The summed E-state index contributed by atoms with van der Waals surface area (Å²) in [6.07, 6.45) is 2.53. The molecule has 2 aromatic rings. The molecule has 1 aromatic carbocycles. The number of carbonyl (C=O) groups is 2. The van der Waals surface area contributed by atoms with E-state index in [1.54, 1.807) is 0 Å². The Hall–Kier alpha value is -3.21. The fraction of sp³-hybridized carbons (Fsp3) is 0.560. The van der Waals surface area contributed by atoms with Crippen LogP contribution in [0.4, 0.5) is 0 Å². The van der Waals surface area contributed by atoms with Crippen molar-refractivity contribution in [2.24, 2.45) is 17.8 Å². The number of hydrogen-bond donors (Lipinski definition) is 1. The third-order valence-electron chi connectivity index (χ3n) is 6.49. The number of nitrogens with one attached hydrogen (secondary N) is 1. The van der Waals surface area contributed by atoms with Crippen molar-refractivity contribution in [2.45, 2.75) is 65.0 Å². The molecule has 8 nitrogen and oxygen atoms in total. The molecule has 4 atom stereocenters. The van der Waals surface area contributed by atoms with Gasteiger partial charge in [0.25, 0.3) is 0 Å². The van der Waals surface area contributed by atoms with Crippen LogP contribution in [0.15, 0.2) is 24.3 Å². The molecule has 0 bridgehead atoms. The molecule has 0 aliphatic heterocycles. The Morgan fingerprint density at radius 1 is 1.15 bits per heavy atom. The zero-order valence-corrected chi connectivity index (χ0v) is 19.9. The molecule has 1 aliphatic carbocycles. The highest BCUT2D eigenvalue weighted by molar-refractivity contribution is 5.89. The van der Waals surface area contributed by atoms with Gasteiger partial charge in [-0.2, -0.15) is 5.10 Å². The first kappa shape index (κ1) is 24.4. The van der Waals surface area contributed by atoms with E-state index in [1.165, 1.54) is 12.7 Å². The molecule has 0 amide bonds. The number of ether oxygens (including phenoxy) is 2. The van der Waals surface area contributed by atoms with Crippen molar-refractivity contribution in [1.82, 2.24) is 15.2 Å². The topological polar surface area (TPSA) is 98.5 Å². The summed E-state index contributed by atoms with van der Waals surface area (Å²) >= 11 is 0. The lowest BCUT2D eigenvalue weighted by atomic mass is 9.75. The molecule has 3 rings (SSSR count). The minimum Gasteiger partial charge on any atom is -0.463 e. The average molecular weight is 453 g/mol. The third-order valence-corrected chi connectivity index (χ3v) is 6.49. The Kier molecular flexibility index (Phi) is 7.85. The van der Waals surface area contributed by atoms with Gasteiger partial charge >= 0.3 is 18.0 Å². The molecule has 1 aliphatic rings. The van der Waals surface area contributed by atoms with Crippen molar-refractivity contribution in [1.29, 1.82) is 0 Å². The van der Waals surface area contributed by atoms with Crippen molar-refractivity contribution in [2.75, 3.05) is 7.11 Å². The summed E-state index contributed by atoms with van der Waals surface area (Å²) in [6.45, 7) is 16.0. The van der Waals surface area contributed by atoms with Gasteiger partial charge in [0.2, 0.25) is 5.92 Å². The predicted octanol–water partition coefficient (Wildman–Crippen LogP) is 4.19. The molecule has 0 saturated heterocycles. The standard InChI is InChI=1S/C25H32N4O4/c1-7-17-8-10-18(11-9-17)22-27-23(29-28-22)19(20(26-5)25(31)32-6)24(30)33-21-15(3)12-14(2)13-16(21)4/h8-11,14-16,19-21H,7,12-13H2,1-4,6H3,(H,27,28,29). The summed E-state index contributed by atoms with van der Waals surface area (Å²) in [7, 11) is 1.19. The van der Waals surface area contributed by atoms with Crippen LogP contribution in [-0.2, 0) is 25.5 Å². The van der Waals surface area contributed by atoms with Gasteiger partial charge in [-0.1, -0.05) is 52.0 Å². The summed E-state index contributed by atoms with van der Waals surface area (Å²) in [4.78, 5) is 33.6. The molecular weight excluding hydrogens is 420 g/mol. The number of H-pyrrole nitrogens is 1. The van der Waals surface area contributed by atoms with Gasteiger partial charge in [-0.05, 0) is 42.6 Å². The number of aromatic amines is 1. The molecule has 1 heterocycles. The number of aryl methyl sites for hydroxylation is 1. The SMILES string of the molecule is [C-]#[N+]C(C(=O)OC)C(C(=O)OC1C(C)CC(C)CC1C)c1nc(-c2ccc(CC)cc2)n[nH]1. The van der Waals surface area contributed by atoms with Gasteiger partial charge in [0.05, 0.1) is 7.11 Å². The maximum absolute atomic E-state index is 13.4. The number of benzene rings is 1. The highest BCUT2D eigenvalue weighted by atomic mass is 16.5. The second kappa shape index (κ2) is 10.6. The van der Waals surface area contributed by atoms with Gasteiger partial charge in [-0.25, -0.2) is 16.4 Å². The zero-order chi connectivity index (χ0) is 24.1. The number of nitrogens with zero attached hydrogens (tertiary/aromatic N) is 3. The van der Waals surface area contributed by atoms with Crippen molar-refractivity contribution in [3.8, 4) is 11.4 Å². The molecule has 4 unspecified atom stereocenters. The molecule has 8 heteroatoms. The predicted molar refractivity (Wildman–Crippen MR) is 123 cm³/mol. The number of methoxy groups -OCH3 is 1. The Morgan fingerprint density at radius 2 is 1.79 bits per heavy atom. The van der Waals surface area contributed by atoms with Crippen LogP contribution in [0.3, 0.4) is 0 Å². The van der Waals surface area contributed by atoms with Gasteiger partial charge < -0.3 is 9.47 Å². The van der Waals surface area contributed by atoms with E-state index in [2.05, 4.69) is 47.7 Å². The van der Waals surface area contributed by atoms with E-state index in [0.717, 1.165) is 24.8 Å². The average Bonchev–Trinajstić information content (AvgIpc) is 3.28. The van der Waals surface area contributed by atoms with E-state index >= 15 is 0 Å². The number of aromatic nitrogens is 3. The summed E-state index contributed by atoms with van der Waals surface area (Å²) in [6, 6.07) is 6.36. The van der Waals surface area contributed by atoms with Gasteiger partial charge in [0, 0.05) is 5.56 Å². The number of hydrogen-bond acceptors (Lipinski definition) is 6. The largest absolute Gasteiger partial charge is 0.463 e. The van der Waals surface area contributed by atoms with Gasteiger partial charge in [-0.3, -0.25) is 14.7 Å². The minimum atomic E-state index is -1.42. The number of esters is 2. The van der Waals surface area contributed by atoms with E-state index < -0.39 is 23.9 Å². The molecule has 1 saturated carbocycles. The molecular formula is C25H32N4O4. The lowest BCUT2D eigenvalue weighted by molar-refractivity contribution is -0.162. The fourth-order valence-corrected chi connectivity index (χ4v) is 4.84. The van der Waals surface area contributed by atoms with Crippen LogP contribution in [0.1, 0.15) is 57.8 Å².